The van der Waals surface area contributed by atoms with Gasteiger partial charge in [-0.2, -0.15) is 0 Å². The van der Waals surface area contributed by atoms with Gasteiger partial charge in [-0.25, -0.2) is 4.39 Å². The van der Waals surface area contributed by atoms with Gasteiger partial charge in [0.2, 0.25) is 0 Å². The van der Waals surface area contributed by atoms with Crippen molar-refractivity contribution in [3.05, 3.63) is 46.2 Å². The Kier molecular flexibility index (Phi) is 5.16. The predicted molar refractivity (Wildman–Crippen MR) is 69.9 cm³/mol. The third kappa shape index (κ3) is 3.16. The van der Waals surface area contributed by atoms with Gasteiger partial charge in [0.25, 0.3) is 0 Å². The first-order valence-corrected chi connectivity index (χ1v) is 6.20. The van der Waals surface area contributed by atoms with Crippen molar-refractivity contribution in [2.75, 3.05) is 6.54 Å². The standard InChI is InChI=1S/C13H17BrFN/c1-4-8-16-13(9(2)3)10-6-5-7-11(15)12(10)14/h5-7,13,16H,2,4,8H2,1,3H3. The van der Waals surface area contributed by atoms with Crippen molar-refractivity contribution in [3.8, 4) is 0 Å². The average molecular weight is 286 g/mol. The van der Waals surface area contributed by atoms with E-state index >= 15 is 0 Å². The lowest BCUT2D eigenvalue weighted by molar-refractivity contribution is 0.574. The van der Waals surface area contributed by atoms with E-state index in [9.17, 15) is 4.39 Å². The first-order chi connectivity index (χ1) is 7.57. The van der Waals surface area contributed by atoms with Crippen LogP contribution in [0.25, 0.3) is 0 Å². The number of rotatable bonds is 5. The van der Waals surface area contributed by atoms with Gasteiger partial charge in [-0.3, -0.25) is 0 Å². The summed E-state index contributed by atoms with van der Waals surface area (Å²) in [6.45, 7) is 8.89. The molecule has 0 amide bonds. The van der Waals surface area contributed by atoms with Gasteiger partial charge in [-0.15, -0.1) is 0 Å². The molecule has 0 aliphatic carbocycles. The lowest BCUT2D eigenvalue weighted by Crippen LogP contribution is -2.23. The molecule has 3 heteroatoms. The minimum atomic E-state index is -0.234. The normalized spacial score (nSPS) is 12.5. The molecule has 0 radical (unpaired) electrons. The van der Waals surface area contributed by atoms with Crippen molar-refractivity contribution in [1.82, 2.24) is 5.32 Å². The van der Waals surface area contributed by atoms with Gasteiger partial charge in [0, 0.05) is 0 Å². The maximum absolute atomic E-state index is 13.4. The molecule has 88 valence electrons. The molecule has 1 unspecified atom stereocenters. The second-order valence-electron chi connectivity index (χ2n) is 3.88. The summed E-state index contributed by atoms with van der Waals surface area (Å²) in [6, 6.07) is 5.09. The summed E-state index contributed by atoms with van der Waals surface area (Å²) in [6.07, 6.45) is 1.04. The molecule has 1 N–H and O–H groups in total. The summed E-state index contributed by atoms with van der Waals surface area (Å²) < 4.78 is 13.9. The summed E-state index contributed by atoms with van der Waals surface area (Å²) in [7, 11) is 0. The fourth-order valence-electron chi connectivity index (χ4n) is 1.58. The molecule has 0 aromatic heterocycles. The number of hydrogen-bond donors (Lipinski definition) is 1. The average Bonchev–Trinajstić information content (AvgIpc) is 2.24. The zero-order valence-electron chi connectivity index (χ0n) is 9.69. The fraction of sp³-hybridized carbons (Fsp3) is 0.385. The van der Waals surface area contributed by atoms with E-state index in [0.29, 0.717) is 4.47 Å². The summed E-state index contributed by atoms with van der Waals surface area (Å²) in [5.74, 6) is -0.234. The zero-order chi connectivity index (χ0) is 12.1. The molecule has 0 bridgehead atoms. The van der Waals surface area contributed by atoms with Crippen LogP contribution < -0.4 is 5.32 Å². The van der Waals surface area contributed by atoms with E-state index in [4.69, 9.17) is 0 Å². The minimum Gasteiger partial charge on any atom is -0.307 e. The largest absolute Gasteiger partial charge is 0.307 e. The molecule has 0 aliphatic heterocycles. The van der Waals surface area contributed by atoms with Crippen LogP contribution >= 0.6 is 15.9 Å². The molecule has 0 heterocycles. The molecule has 1 nitrogen and oxygen atoms in total. The van der Waals surface area contributed by atoms with Crippen LogP contribution in [0.4, 0.5) is 4.39 Å². The smallest absolute Gasteiger partial charge is 0.137 e. The molecule has 16 heavy (non-hydrogen) atoms. The van der Waals surface area contributed by atoms with Gasteiger partial charge in [0.15, 0.2) is 0 Å². The summed E-state index contributed by atoms with van der Waals surface area (Å²) in [5, 5.41) is 3.36. The van der Waals surface area contributed by atoms with Gasteiger partial charge in [0.1, 0.15) is 5.82 Å². The van der Waals surface area contributed by atoms with Crippen LogP contribution in [0.1, 0.15) is 31.9 Å². The Balaban J connectivity index is 3.01. The molecular formula is C13H17BrFN. The number of benzene rings is 1. The second kappa shape index (κ2) is 6.16. The lowest BCUT2D eigenvalue weighted by Gasteiger charge is -2.20. The maximum Gasteiger partial charge on any atom is 0.137 e. The molecule has 1 rings (SSSR count). The number of hydrogen-bond acceptors (Lipinski definition) is 1. The highest BCUT2D eigenvalue weighted by Gasteiger charge is 2.16. The van der Waals surface area contributed by atoms with Crippen LogP contribution in [0, 0.1) is 5.82 Å². The Morgan fingerprint density at radius 3 is 2.81 bits per heavy atom. The van der Waals surface area contributed by atoms with E-state index in [0.717, 1.165) is 24.1 Å². The highest BCUT2D eigenvalue weighted by atomic mass is 79.9. The van der Waals surface area contributed by atoms with Crippen LogP contribution in [0.2, 0.25) is 0 Å². The Morgan fingerprint density at radius 1 is 1.56 bits per heavy atom. The number of nitrogens with one attached hydrogen (secondary N) is 1. The van der Waals surface area contributed by atoms with E-state index in [1.54, 1.807) is 6.07 Å². The van der Waals surface area contributed by atoms with Crippen LogP contribution in [0.3, 0.4) is 0 Å². The highest BCUT2D eigenvalue weighted by Crippen LogP contribution is 2.29. The highest BCUT2D eigenvalue weighted by molar-refractivity contribution is 9.10. The molecule has 1 aromatic carbocycles. The van der Waals surface area contributed by atoms with Gasteiger partial charge >= 0.3 is 0 Å². The monoisotopic (exact) mass is 285 g/mol. The van der Waals surface area contributed by atoms with Crippen molar-refractivity contribution in [2.45, 2.75) is 26.3 Å². The van der Waals surface area contributed by atoms with Crippen LogP contribution in [0.15, 0.2) is 34.8 Å². The molecular weight excluding hydrogens is 269 g/mol. The van der Waals surface area contributed by atoms with E-state index in [1.807, 2.05) is 13.0 Å². The number of halogens is 2. The topological polar surface area (TPSA) is 12.0 Å². The molecule has 0 spiro atoms. The Morgan fingerprint density at radius 2 is 2.25 bits per heavy atom. The SMILES string of the molecule is C=C(C)C(NCCC)c1cccc(F)c1Br. The fourth-order valence-corrected chi connectivity index (χ4v) is 2.07. The third-order valence-electron chi connectivity index (χ3n) is 2.38. The zero-order valence-corrected chi connectivity index (χ0v) is 11.3. The Hall–Kier alpha value is -0.670. The molecule has 0 fully saturated rings. The maximum atomic E-state index is 13.4. The van der Waals surface area contributed by atoms with E-state index in [1.165, 1.54) is 6.07 Å². The molecule has 0 saturated heterocycles. The molecule has 1 atom stereocenters. The van der Waals surface area contributed by atoms with Gasteiger partial charge in [0.05, 0.1) is 10.5 Å². The summed E-state index contributed by atoms with van der Waals surface area (Å²) in [5.41, 5.74) is 1.89. The first-order valence-electron chi connectivity index (χ1n) is 5.40. The van der Waals surface area contributed by atoms with Crippen molar-refractivity contribution in [1.29, 1.82) is 0 Å². The molecule has 0 aliphatic rings. The second-order valence-corrected chi connectivity index (χ2v) is 4.67. The Bertz CT molecular complexity index is 376. The van der Waals surface area contributed by atoms with Gasteiger partial charge in [-0.1, -0.05) is 31.2 Å². The summed E-state index contributed by atoms with van der Waals surface area (Å²) >= 11 is 3.28. The van der Waals surface area contributed by atoms with Gasteiger partial charge in [-0.05, 0) is 47.4 Å². The van der Waals surface area contributed by atoms with Crippen molar-refractivity contribution in [3.63, 3.8) is 0 Å². The van der Waals surface area contributed by atoms with Crippen molar-refractivity contribution < 1.29 is 4.39 Å². The predicted octanol–water partition coefficient (Wildman–Crippen LogP) is 4.21. The first kappa shape index (κ1) is 13.4. The van der Waals surface area contributed by atoms with Crippen molar-refractivity contribution in [2.24, 2.45) is 0 Å². The van der Waals surface area contributed by atoms with E-state index in [2.05, 4.69) is 34.7 Å². The van der Waals surface area contributed by atoms with Crippen LogP contribution in [0.5, 0.6) is 0 Å². The summed E-state index contributed by atoms with van der Waals surface area (Å²) in [4.78, 5) is 0. The lowest BCUT2D eigenvalue weighted by atomic mass is 10.0. The molecule has 0 saturated carbocycles. The molecule has 1 aromatic rings. The minimum absolute atomic E-state index is 0.00465. The van der Waals surface area contributed by atoms with E-state index in [-0.39, 0.29) is 11.9 Å². The van der Waals surface area contributed by atoms with Crippen molar-refractivity contribution >= 4 is 15.9 Å². The van der Waals surface area contributed by atoms with Crippen LogP contribution in [-0.4, -0.2) is 6.54 Å². The quantitative estimate of drug-likeness (QED) is 0.800. The Labute approximate surface area is 105 Å². The van der Waals surface area contributed by atoms with Crippen LogP contribution in [-0.2, 0) is 0 Å². The van der Waals surface area contributed by atoms with E-state index < -0.39 is 0 Å². The third-order valence-corrected chi connectivity index (χ3v) is 3.22. The van der Waals surface area contributed by atoms with Gasteiger partial charge < -0.3 is 5.32 Å².